The van der Waals surface area contributed by atoms with Crippen molar-refractivity contribution in [2.75, 3.05) is 6.54 Å². The van der Waals surface area contributed by atoms with Crippen LogP contribution < -0.4 is 5.32 Å². The Kier molecular flexibility index (Phi) is 2.88. The van der Waals surface area contributed by atoms with Crippen molar-refractivity contribution in [2.45, 2.75) is 45.1 Å². The molecule has 21 heavy (non-hydrogen) atoms. The Morgan fingerprint density at radius 1 is 1.05 bits per heavy atom. The van der Waals surface area contributed by atoms with Crippen LogP contribution in [0.4, 0.5) is 0 Å². The number of nitrogens with zero attached hydrogens (tertiary/aromatic N) is 1. The number of rotatable bonds is 1. The second-order valence-corrected chi connectivity index (χ2v) is 7.51. The zero-order valence-electron chi connectivity index (χ0n) is 12.4. The lowest BCUT2D eigenvalue weighted by Crippen LogP contribution is -2.62. The van der Waals surface area contributed by atoms with E-state index in [-0.39, 0.29) is 30.2 Å². The molecule has 5 nitrogen and oxygen atoms in total. The molecule has 0 aromatic heterocycles. The molecule has 0 aromatic rings. The highest BCUT2D eigenvalue weighted by molar-refractivity contribution is 6.04. The minimum Gasteiger partial charge on any atom is -0.321 e. The summed E-state index contributed by atoms with van der Waals surface area (Å²) in [6.45, 7) is 1.75. The van der Waals surface area contributed by atoms with Crippen molar-refractivity contribution in [3.63, 3.8) is 0 Å². The van der Waals surface area contributed by atoms with E-state index in [1.807, 2.05) is 0 Å². The van der Waals surface area contributed by atoms with Crippen molar-refractivity contribution in [1.29, 1.82) is 0 Å². The highest BCUT2D eigenvalue weighted by atomic mass is 16.2. The number of hydrogen-bond donors (Lipinski definition) is 1. The van der Waals surface area contributed by atoms with Gasteiger partial charge in [0.2, 0.25) is 17.7 Å². The Morgan fingerprint density at radius 2 is 1.62 bits per heavy atom. The first-order valence-electron chi connectivity index (χ1n) is 8.17. The molecule has 1 saturated heterocycles. The summed E-state index contributed by atoms with van der Waals surface area (Å²) in [7, 11) is 0. The van der Waals surface area contributed by atoms with E-state index >= 15 is 0 Å². The minimum absolute atomic E-state index is 0.0362. The van der Waals surface area contributed by atoms with Gasteiger partial charge in [-0.1, -0.05) is 0 Å². The second kappa shape index (κ2) is 4.55. The summed E-state index contributed by atoms with van der Waals surface area (Å²) in [6, 6.07) is -0.521. The molecule has 5 fully saturated rings. The van der Waals surface area contributed by atoms with Crippen LogP contribution in [0.5, 0.6) is 0 Å². The quantitative estimate of drug-likeness (QED) is 0.731. The van der Waals surface area contributed by atoms with Gasteiger partial charge in [0, 0.05) is 5.92 Å². The fourth-order valence-corrected chi connectivity index (χ4v) is 5.50. The van der Waals surface area contributed by atoms with Gasteiger partial charge in [-0.15, -0.1) is 0 Å². The van der Waals surface area contributed by atoms with Gasteiger partial charge in [-0.25, -0.2) is 0 Å². The topological polar surface area (TPSA) is 66.5 Å². The first-order chi connectivity index (χ1) is 10.0. The Labute approximate surface area is 124 Å². The van der Waals surface area contributed by atoms with Crippen LogP contribution in [0.3, 0.4) is 0 Å². The fourth-order valence-electron chi connectivity index (χ4n) is 5.50. The molecule has 4 bridgehead atoms. The number of carbonyl (C=O) groups is 3. The van der Waals surface area contributed by atoms with Crippen LogP contribution in [0.2, 0.25) is 0 Å². The standard InChI is InChI=1S/C16H22N2O3/c1-8-15(20)17-13(19)7-18(8)16(21)14-11-3-9-2-10(5-11)6-12(14)4-9/h8-12,14H,2-7H2,1H3,(H,17,19,20). The van der Waals surface area contributed by atoms with Gasteiger partial charge in [0.15, 0.2) is 0 Å². The average molecular weight is 290 g/mol. The smallest absolute Gasteiger partial charge is 0.249 e. The Morgan fingerprint density at radius 3 is 2.19 bits per heavy atom. The third-order valence-electron chi connectivity index (χ3n) is 6.22. The van der Waals surface area contributed by atoms with Gasteiger partial charge in [-0.2, -0.15) is 0 Å². The molecule has 0 radical (unpaired) electrons. The highest BCUT2D eigenvalue weighted by Gasteiger charge is 2.52. The maximum absolute atomic E-state index is 13.0. The van der Waals surface area contributed by atoms with Gasteiger partial charge in [-0.3, -0.25) is 19.7 Å². The van der Waals surface area contributed by atoms with E-state index in [1.165, 1.54) is 37.0 Å². The molecule has 114 valence electrons. The molecule has 3 amide bonds. The van der Waals surface area contributed by atoms with Crippen LogP contribution in [0.25, 0.3) is 0 Å². The van der Waals surface area contributed by atoms with Gasteiger partial charge >= 0.3 is 0 Å². The molecular weight excluding hydrogens is 268 g/mol. The first kappa shape index (κ1) is 13.3. The van der Waals surface area contributed by atoms with Gasteiger partial charge < -0.3 is 4.90 Å². The van der Waals surface area contributed by atoms with Crippen molar-refractivity contribution >= 4 is 17.7 Å². The number of hydrogen-bond acceptors (Lipinski definition) is 3. The van der Waals surface area contributed by atoms with E-state index in [9.17, 15) is 14.4 Å². The largest absolute Gasteiger partial charge is 0.321 e. The van der Waals surface area contributed by atoms with Gasteiger partial charge in [0.25, 0.3) is 0 Å². The van der Waals surface area contributed by atoms with E-state index in [4.69, 9.17) is 0 Å². The normalized spacial score (nSPS) is 44.9. The van der Waals surface area contributed by atoms with Gasteiger partial charge in [-0.05, 0) is 62.7 Å². The van der Waals surface area contributed by atoms with Crippen molar-refractivity contribution < 1.29 is 14.4 Å². The summed E-state index contributed by atoms with van der Waals surface area (Å²) in [5.74, 6) is 2.03. The van der Waals surface area contributed by atoms with E-state index in [1.54, 1.807) is 6.92 Å². The molecule has 5 heteroatoms. The highest BCUT2D eigenvalue weighted by Crippen LogP contribution is 2.56. The minimum atomic E-state index is -0.521. The third-order valence-corrected chi connectivity index (χ3v) is 6.22. The molecule has 1 heterocycles. The Balaban J connectivity index is 1.57. The average Bonchev–Trinajstić information content (AvgIpc) is 2.41. The monoisotopic (exact) mass is 290 g/mol. The number of nitrogens with one attached hydrogen (secondary N) is 1. The molecular formula is C16H22N2O3. The Bertz CT molecular complexity index is 488. The molecule has 1 aliphatic heterocycles. The summed E-state index contributed by atoms with van der Waals surface area (Å²) in [5.41, 5.74) is 0. The van der Waals surface area contributed by atoms with Crippen LogP contribution in [0, 0.1) is 29.6 Å². The molecule has 5 aliphatic rings. The molecule has 1 N–H and O–H groups in total. The van der Waals surface area contributed by atoms with Gasteiger partial charge in [0.05, 0.1) is 0 Å². The summed E-state index contributed by atoms with van der Waals surface area (Å²) in [4.78, 5) is 37.9. The van der Waals surface area contributed by atoms with Crippen molar-refractivity contribution in [2.24, 2.45) is 29.6 Å². The third kappa shape index (κ3) is 2.00. The number of imide groups is 1. The molecule has 1 atom stereocenters. The molecule has 4 saturated carbocycles. The molecule has 0 spiro atoms. The van der Waals surface area contributed by atoms with Crippen LogP contribution in [0.15, 0.2) is 0 Å². The van der Waals surface area contributed by atoms with Crippen LogP contribution in [0.1, 0.15) is 39.0 Å². The summed E-state index contributed by atoms with van der Waals surface area (Å²) in [5, 5.41) is 2.31. The molecule has 0 aromatic carbocycles. The lowest BCUT2D eigenvalue weighted by Gasteiger charge is -2.54. The molecule has 4 aliphatic carbocycles. The SMILES string of the molecule is CC1C(=O)NC(=O)CN1C(=O)C1C2CC3CC(C2)CC1C3. The van der Waals surface area contributed by atoms with Crippen LogP contribution in [-0.4, -0.2) is 35.2 Å². The predicted octanol–water partition coefficient (Wildman–Crippen LogP) is 0.932. The number of piperazine rings is 1. The maximum Gasteiger partial charge on any atom is 0.249 e. The van der Waals surface area contributed by atoms with Crippen molar-refractivity contribution in [3.8, 4) is 0 Å². The number of amides is 3. The van der Waals surface area contributed by atoms with Crippen molar-refractivity contribution in [3.05, 3.63) is 0 Å². The van der Waals surface area contributed by atoms with E-state index in [2.05, 4.69) is 5.32 Å². The molecule has 5 rings (SSSR count). The lowest BCUT2D eigenvalue weighted by atomic mass is 9.51. The Hall–Kier alpha value is -1.39. The zero-order valence-corrected chi connectivity index (χ0v) is 12.4. The van der Waals surface area contributed by atoms with E-state index < -0.39 is 6.04 Å². The number of carbonyl (C=O) groups excluding carboxylic acids is 3. The zero-order chi connectivity index (χ0) is 14.7. The predicted molar refractivity (Wildman–Crippen MR) is 74.9 cm³/mol. The maximum atomic E-state index is 13.0. The fraction of sp³-hybridized carbons (Fsp3) is 0.812. The first-order valence-corrected chi connectivity index (χ1v) is 8.17. The van der Waals surface area contributed by atoms with Gasteiger partial charge in [0.1, 0.15) is 12.6 Å². The van der Waals surface area contributed by atoms with Crippen LogP contribution >= 0.6 is 0 Å². The van der Waals surface area contributed by atoms with E-state index in [0.29, 0.717) is 11.8 Å². The van der Waals surface area contributed by atoms with Crippen molar-refractivity contribution in [1.82, 2.24) is 10.2 Å². The molecule has 1 unspecified atom stereocenters. The summed E-state index contributed by atoms with van der Waals surface area (Å²) >= 11 is 0. The van der Waals surface area contributed by atoms with E-state index in [0.717, 1.165) is 11.8 Å². The van der Waals surface area contributed by atoms with Crippen LogP contribution in [-0.2, 0) is 14.4 Å². The lowest BCUT2D eigenvalue weighted by molar-refractivity contribution is -0.159. The second-order valence-electron chi connectivity index (χ2n) is 7.51. The summed E-state index contributed by atoms with van der Waals surface area (Å²) in [6.07, 6.45) is 6.05. The summed E-state index contributed by atoms with van der Waals surface area (Å²) < 4.78 is 0.